The van der Waals surface area contributed by atoms with Gasteiger partial charge in [0, 0.05) is 10.8 Å². The van der Waals surface area contributed by atoms with E-state index in [2.05, 4.69) is 5.32 Å². The number of benzene rings is 3. The normalized spacial score (nSPS) is 12.1. The molecule has 1 unspecified atom stereocenters. The van der Waals surface area contributed by atoms with Gasteiger partial charge in [-0.25, -0.2) is 0 Å². The molecule has 152 valence electrons. The van der Waals surface area contributed by atoms with Crippen LogP contribution in [0.1, 0.15) is 25.5 Å². The lowest BCUT2D eigenvalue weighted by Gasteiger charge is -2.18. The highest BCUT2D eigenvalue weighted by atomic mass is 16.5. The van der Waals surface area contributed by atoms with Gasteiger partial charge in [-0.05, 0) is 55.8 Å². The summed E-state index contributed by atoms with van der Waals surface area (Å²) in [5.74, 6) is 0.696. The lowest BCUT2D eigenvalue weighted by molar-refractivity contribution is -0.122. The molecule has 0 saturated heterocycles. The maximum Gasteiger partial charge on any atom is 0.240 e. The second kappa shape index (κ2) is 8.41. The number of carbonyl (C=O) groups is 1. The van der Waals surface area contributed by atoms with Gasteiger partial charge in [0.1, 0.15) is 12.3 Å². The van der Waals surface area contributed by atoms with Crippen molar-refractivity contribution in [1.29, 1.82) is 0 Å². The minimum absolute atomic E-state index is 0.0133. The van der Waals surface area contributed by atoms with E-state index in [9.17, 15) is 9.59 Å². The fourth-order valence-corrected chi connectivity index (χ4v) is 3.78. The third-order valence-electron chi connectivity index (χ3n) is 5.25. The van der Waals surface area contributed by atoms with Gasteiger partial charge in [0.25, 0.3) is 0 Å². The number of fused-ring (bicyclic) bond motifs is 2. The number of nitrogens with zero attached hydrogens (tertiary/aromatic N) is 1. The van der Waals surface area contributed by atoms with E-state index in [0.717, 1.165) is 22.3 Å². The molecule has 0 aliphatic heterocycles. The maximum atomic E-state index is 12.9. The molecule has 0 radical (unpaired) electrons. The molecule has 5 heteroatoms. The third kappa shape index (κ3) is 3.79. The van der Waals surface area contributed by atoms with Crippen molar-refractivity contribution in [1.82, 2.24) is 9.88 Å². The molecule has 0 aliphatic carbocycles. The summed E-state index contributed by atoms with van der Waals surface area (Å²) in [6.45, 7) is 4.64. The van der Waals surface area contributed by atoms with Crippen molar-refractivity contribution in [3.8, 4) is 5.75 Å². The van der Waals surface area contributed by atoms with Crippen LogP contribution < -0.4 is 15.5 Å². The highest BCUT2D eigenvalue weighted by Gasteiger charge is 2.15. The van der Waals surface area contributed by atoms with Gasteiger partial charge in [0.2, 0.25) is 5.91 Å². The standard InChI is InChI=1S/C25H24N2O3/c1-3-30-19-14-12-18(13-15-19)17(2)26-24(28)16-27-22-10-6-4-8-20(22)25(29)21-9-5-7-11-23(21)27/h4-15,17H,3,16H2,1-2H3,(H,26,28). The van der Waals surface area contributed by atoms with Gasteiger partial charge in [-0.1, -0.05) is 36.4 Å². The Labute approximate surface area is 174 Å². The molecule has 1 N–H and O–H groups in total. The SMILES string of the molecule is CCOc1ccc(C(C)NC(=O)Cn2c3ccccc3c(=O)c3ccccc32)cc1. The zero-order valence-electron chi connectivity index (χ0n) is 17.1. The number of para-hydroxylation sites is 2. The van der Waals surface area contributed by atoms with E-state index in [1.54, 1.807) is 12.1 Å². The topological polar surface area (TPSA) is 60.3 Å². The average molecular weight is 400 g/mol. The molecule has 0 fully saturated rings. The highest BCUT2D eigenvalue weighted by molar-refractivity contribution is 5.94. The van der Waals surface area contributed by atoms with Crippen LogP contribution in [0.15, 0.2) is 77.6 Å². The molecule has 0 saturated carbocycles. The second-order valence-electron chi connectivity index (χ2n) is 7.24. The van der Waals surface area contributed by atoms with Crippen molar-refractivity contribution < 1.29 is 9.53 Å². The van der Waals surface area contributed by atoms with E-state index >= 15 is 0 Å². The number of ether oxygens (including phenoxy) is 1. The molecular weight excluding hydrogens is 376 g/mol. The van der Waals surface area contributed by atoms with E-state index in [-0.39, 0.29) is 23.9 Å². The Bertz CT molecular complexity index is 1200. The van der Waals surface area contributed by atoms with Crippen LogP contribution in [0.3, 0.4) is 0 Å². The molecule has 1 heterocycles. The number of hydrogen-bond donors (Lipinski definition) is 1. The smallest absolute Gasteiger partial charge is 0.240 e. The fraction of sp³-hybridized carbons (Fsp3) is 0.200. The Hall–Kier alpha value is -3.60. The zero-order valence-corrected chi connectivity index (χ0v) is 17.1. The molecule has 0 spiro atoms. The molecule has 1 aromatic heterocycles. The number of amides is 1. The second-order valence-corrected chi connectivity index (χ2v) is 7.24. The van der Waals surface area contributed by atoms with Crippen LogP contribution in [0, 0.1) is 0 Å². The summed E-state index contributed by atoms with van der Waals surface area (Å²) in [6, 6.07) is 22.4. The average Bonchev–Trinajstić information content (AvgIpc) is 2.77. The van der Waals surface area contributed by atoms with Crippen LogP contribution in [0.2, 0.25) is 0 Å². The van der Waals surface area contributed by atoms with Crippen molar-refractivity contribution in [2.24, 2.45) is 0 Å². The minimum atomic E-state index is -0.148. The lowest BCUT2D eigenvalue weighted by Crippen LogP contribution is -2.30. The van der Waals surface area contributed by atoms with Gasteiger partial charge in [-0.3, -0.25) is 9.59 Å². The summed E-state index contributed by atoms with van der Waals surface area (Å²) in [5.41, 5.74) is 2.50. The molecule has 0 bridgehead atoms. The minimum Gasteiger partial charge on any atom is -0.494 e. The summed E-state index contributed by atoms with van der Waals surface area (Å²) < 4.78 is 7.38. The Morgan fingerprint density at radius 3 is 2.07 bits per heavy atom. The van der Waals surface area contributed by atoms with E-state index in [0.29, 0.717) is 17.4 Å². The molecule has 5 nitrogen and oxygen atoms in total. The third-order valence-corrected chi connectivity index (χ3v) is 5.25. The molecule has 30 heavy (non-hydrogen) atoms. The number of carbonyl (C=O) groups excluding carboxylic acids is 1. The molecule has 4 aromatic rings. The number of rotatable bonds is 6. The predicted octanol–water partition coefficient (Wildman–Crippen LogP) is 4.43. The first-order valence-electron chi connectivity index (χ1n) is 10.1. The summed E-state index contributed by atoms with van der Waals surface area (Å²) in [4.78, 5) is 25.7. The van der Waals surface area contributed by atoms with Gasteiger partial charge < -0.3 is 14.6 Å². The van der Waals surface area contributed by atoms with Gasteiger partial charge in [-0.15, -0.1) is 0 Å². The first kappa shape index (κ1) is 19.7. The van der Waals surface area contributed by atoms with Crippen molar-refractivity contribution in [3.63, 3.8) is 0 Å². The van der Waals surface area contributed by atoms with Crippen molar-refractivity contribution in [2.45, 2.75) is 26.4 Å². The highest BCUT2D eigenvalue weighted by Crippen LogP contribution is 2.20. The Kier molecular flexibility index (Phi) is 5.53. The Balaban J connectivity index is 1.62. The number of pyridine rings is 1. The van der Waals surface area contributed by atoms with Crippen LogP contribution in [0.5, 0.6) is 5.75 Å². The Morgan fingerprint density at radius 2 is 1.50 bits per heavy atom. The largest absolute Gasteiger partial charge is 0.494 e. The number of nitrogens with one attached hydrogen (secondary N) is 1. The van der Waals surface area contributed by atoms with Gasteiger partial charge in [0.05, 0.1) is 23.7 Å². The summed E-state index contributed by atoms with van der Waals surface area (Å²) in [5, 5.41) is 4.29. The van der Waals surface area contributed by atoms with Gasteiger partial charge >= 0.3 is 0 Å². The molecule has 1 amide bonds. The van der Waals surface area contributed by atoms with E-state index < -0.39 is 0 Å². The number of hydrogen-bond acceptors (Lipinski definition) is 3. The van der Waals surface area contributed by atoms with Crippen molar-refractivity contribution in [2.75, 3.05) is 6.61 Å². The molecular formula is C25H24N2O3. The van der Waals surface area contributed by atoms with E-state index in [1.807, 2.05) is 79.1 Å². The van der Waals surface area contributed by atoms with E-state index in [4.69, 9.17) is 4.74 Å². The van der Waals surface area contributed by atoms with Gasteiger partial charge in [0.15, 0.2) is 5.43 Å². The predicted molar refractivity (Wildman–Crippen MR) is 120 cm³/mol. The Morgan fingerprint density at radius 1 is 0.933 bits per heavy atom. The molecule has 1 atom stereocenters. The van der Waals surface area contributed by atoms with Crippen molar-refractivity contribution in [3.05, 3.63) is 88.6 Å². The first-order chi connectivity index (χ1) is 14.6. The molecule has 4 rings (SSSR count). The quantitative estimate of drug-likeness (QED) is 0.487. The lowest BCUT2D eigenvalue weighted by atomic mass is 10.1. The van der Waals surface area contributed by atoms with Crippen LogP contribution in [0.4, 0.5) is 0 Å². The summed E-state index contributed by atoms with van der Waals surface area (Å²) >= 11 is 0. The van der Waals surface area contributed by atoms with Crippen LogP contribution in [-0.2, 0) is 11.3 Å². The molecule has 0 aliphatic rings. The van der Waals surface area contributed by atoms with Crippen LogP contribution >= 0.6 is 0 Å². The van der Waals surface area contributed by atoms with Crippen molar-refractivity contribution >= 4 is 27.7 Å². The monoisotopic (exact) mass is 400 g/mol. The summed E-state index contributed by atoms with van der Waals surface area (Å²) in [7, 11) is 0. The summed E-state index contributed by atoms with van der Waals surface area (Å²) in [6.07, 6.45) is 0. The van der Waals surface area contributed by atoms with Gasteiger partial charge in [-0.2, -0.15) is 0 Å². The maximum absolute atomic E-state index is 12.9. The van der Waals surface area contributed by atoms with Crippen LogP contribution in [-0.4, -0.2) is 17.1 Å². The molecule has 3 aromatic carbocycles. The number of aromatic nitrogens is 1. The van der Waals surface area contributed by atoms with Crippen LogP contribution in [0.25, 0.3) is 21.8 Å². The van der Waals surface area contributed by atoms with E-state index in [1.165, 1.54) is 0 Å². The fourth-order valence-electron chi connectivity index (χ4n) is 3.78. The zero-order chi connectivity index (χ0) is 21.1. The first-order valence-corrected chi connectivity index (χ1v) is 10.1.